The van der Waals surface area contributed by atoms with E-state index in [1.165, 1.54) is 25.0 Å². The fourth-order valence-electron chi connectivity index (χ4n) is 2.78. The zero-order valence-corrected chi connectivity index (χ0v) is 16.1. The number of unbranched alkanes of at least 4 members (excludes halogenated alkanes) is 3. The smallest absolute Gasteiger partial charge is 0.163 e. The number of halogens is 3. The van der Waals surface area contributed by atoms with E-state index in [9.17, 15) is 4.39 Å². The molecule has 0 radical (unpaired) electrons. The largest absolute Gasteiger partial charge is 0.211 e. The molecule has 0 N–H and O–H groups in total. The van der Waals surface area contributed by atoms with Crippen LogP contribution in [-0.2, 0) is 6.42 Å². The van der Waals surface area contributed by atoms with Gasteiger partial charge in [-0.15, -0.1) is 0 Å². The highest BCUT2D eigenvalue weighted by Gasteiger charge is 2.16. The molecule has 3 rings (SSSR count). The van der Waals surface area contributed by atoms with Gasteiger partial charge in [-0.3, -0.25) is 0 Å². The summed E-state index contributed by atoms with van der Waals surface area (Å²) >= 11 is 12.4. The van der Waals surface area contributed by atoms with Crippen LogP contribution in [0.25, 0.3) is 17.1 Å². The molecule has 3 aromatic rings. The van der Waals surface area contributed by atoms with Crippen molar-refractivity contribution in [2.75, 3.05) is 0 Å². The Morgan fingerprint density at radius 2 is 1.77 bits per heavy atom. The van der Waals surface area contributed by atoms with E-state index in [0.717, 1.165) is 30.7 Å². The van der Waals surface area contributed by atoms with Crippen molar-refractivity contribution in [2.45, 2.75) is 39.0 Å². The molecule has 0 aliphatic heterocycles. The molecule has 136 valence electrons. The molecule has 0 unspecified atom stereocenters. The number of aryl methyl sites for hydroxylation is 1. The molecule has 0 saturated carbocycles. The van der Waals surface area contributed by atoms with Crippen LogP contribution in [0.4, 0.5) is 4.39 Å². The maximum atomic E-state index is 13.3. The first-order valence-corrected chi connectivity index (χ1v) is 9.51. The van der Waals surface area contributed by atoms with Gasteiger partial charge in [0.15, 0.2) is 11.6 Å². The van der Waals surface area contributed by atoms with E-state index in [-0.39, 0.29) is 5.82 Å². The van der Waals surface area contributed by atoms with Crippen LogP contribution in [0.5, 0.6) is 0 Å². The van der Waals surface area contributed by atoms with Crippen molar-refractivity contribution >= 4 is 23.2 Å². The number of hydrogen-bond donors (Lipinski definition) is 0. The van der Waals surface area contributed by atoms with Crippen molar-refractivity contribution in [2.24, 2.45) is 0 Å². The number of aromatic nitrogens is 3. The quantitative estimate of drug-likeness (QED) is 0.430. The van der Waals surface area contributed by atoms with Gasteiger partial charge in [0.2, 0.25) is 0 Å². The van der Waals surface area contributed by atoms with E-state index < -0.39 is 0 Å². The molecule has 0 amide bonds. The average molecular weight is 392 g/mol. The molecule has 0 bridgehead atoms. The van der Waals surface area contributed by atoms with E-state index in [1.807, 2.05) is 6.07 Å². The molecule has 1 heterocycles. The van der Waals surface area contributed by atoms with E-state index in [0.29, 0.717) is 21.6 Å². The maximum absolute atomic E-state index is 13.3. The van der Waals surface area contributed by atoms with Gasteiger partial charge in [0.25, 0.3) is 0 Å². The summed E-state index contributed by atoms with van der Waals surface area (Å²) in [5.74, 6) is 1.11. The van der Waals surface area contributed by atoms with Crippen molar-refractivity contribution in [3.63, 3.8) is 0 Å². The number of nitrogens with zero attached hydrogens (tertiary/aromatic N) is 3. The van der Waals surface area contributed by atoms with E-state index in [2.05, 4.69) is 17.0 Å². The van der Waals surface area contributed by atoms with E-state index in [4.69, 9.17) is 23.2 Å². The minimum Gasteiger partial charge on any atom is -0.211 e. The predicted molar refractivity (Wildman–Crippen MR) is 105 cm³/mol. The van der Waals surface area contributed by atoms with Crippen LogP contribution in [-0.4, -0.2) is 14.8 Å². The number of benzene rings is 2. The van der Waals surface area contributed by atoms with Crippen LogP contribution in [0.15, 0.2) is 42.5 Å². The zero-order chi connectivity index (χ0) is 18.5. The van der Waals surface area contributed by atoms with Gasteiger partial charge < -0.3 is 0 Å². The summed E-state index contributed by atoms with van der Waals surface area (Å²) in [4.78, 5) is 4.69. The van der Waals surface area contributed by atoms with Crippen LogP contribution in [0.3, 0.4) is 0 Å². The first-order chi connectivity index (χ1) is 12.6. The second-order valence-corrected chi connectivity index (χ2v) is 7.02. The Labute approximate surface area is 162 Å². The topological polar surface area (TPSA) is 30.7 Å². The lowest BCUT2D eigenvalue weighted by atomic mass is 10.1. The van der Waals surface area contributed by atoms with Gasteiger partial charge >= 0.3 is 0 Å². The minimum absolute atomic E-state index is 0.288. The lowest BCUT2D eigenvalue weighted by Gasteiger charge is -2.08. The van der Waals surface area contributed by atoms with Crippen LogP contribution < -0.4 is 0 Å². The fraction of sp³-hybridized carbons (Fsp3) is 0.300. The van der Waals surface area contributed by atoms with Crippen LogP contribution >= 0.6 is 23.2 Å². The van der Waals surface area contributed by atoms with Crippen LogP contribution in [0.1, 0.15) is 38.4 Å². The summed E-state index contributed by atoms with van der Waals surface area (Å²) < 4.78 is 15.0. The monoisotopic (exact) mass is 391 g/mol. The standard InChI is InChI=1S/C20H20Cl2FN3/c1-2-3-4-5-6-19-24-20(14-7-10-16(23)11-8-14)26(25-19)18-12-9-15(21)13-17(18)22/h7-13H,2-6H2,1H3. The molecule has 0 atom stereocenters. The summed E-state index contributed by atoms with van der Waals surface area (Å²) in [7, 11) is 0. The van der Waals surface area contributed by atoms with Gasteiger partial charge in [-0.2, -0.15) is 5.10 Å². The summed E-state index contributed by atoms with van der Waals surface area (Å²) in [6.07, 6.45) is 5.37. The fourth-order valence-corrected chi connectivity index (χ4v) is 3.27. The molecule has 2 aromatic carbocycles. The summed E-state index contributed by atoms with van der Waals surface area (Å²) in [6.45, 7) is 2.18. The lowest BCUT2D eigenvalue weighted by molar-refractivity contribution is 0.628. The summed E-state index contributed by atoms with van der Waals surface area (Å²) in [6, 6.07) is 11.5. The van der Waals surface area contributed by atoms with Crippen molar-refractivity contribution in [1.82, 2.24) is 14.8 Å². The van der Waals surface area contributed by atoms with Crippen LogP contribution in [0, 0.1) is 5.82 Å². The van der Waals surface area contributed by atoms with Gasteiger partial charge in [0.1, 0.15) is 5.82 Å². The first-order valence-electron chi connectivity index (χ1n) is 8.76. The molecule has 0 aliphatic rings. The zero-order valence-electron chi connectivity index (χ0n) is 14.6. The molecule has 26 heavy (non-hydrogen) atoms. The average Bonchev–Trinajstić information content (AvgIpc) is 3.03. The van der Waals surface area contributed by atoms with Gasteiger partial charge in [0, 0.05) is 17.0 Å². The maximum Gasteiger partial charge on any atom is 0.163 e. The normalized spacial score (nSPS) is 11.1. The highest BCUT2D eigenvalue weighted by molar-refractivity contribution is 6.35. The number of hydrogen-bond acceptors (Lipinski definition) is 2. The van der Waals surface area contributed by atoms with Gasteiger partial charge in [-0.25, -0.2) is 14.1 Å². The van der Waals surface area contributed by atoms with E-state index in [1.54, 1.807) is 28.9 Å². The molecular weight excluding hydrogens is 372 g/mol. The minimum atomic E-state index is -0.288. The Bertz CT molecular complexity index is 875. The second kappa shape index (κ2) is 8.65. The summed E-state index contributed by atoms with van der Waals surface area (Å²) in [5.41, 5.74) is 1.48. The molecule has 3 nitrogen and oxygen atoms in total. The second-order valence-electron chi connectivity index (χ2n) is 6.18. The molecule has 0 aliphatic carbocycles. The molecule has 0 saturated heterocycles. The van der Waals surface area contributed by atoms with Crippen molar-refractivity contribution in [1.29, 1.82) is 0 Å². The Morgan fingerprint density at radius 3 is 2.46 bits per heavy atom. The van der Waals surface area contributed by atoms with Crippen molar-refractivity contribution in [3.05, 3.63) is 64.2 Å². The van der Waals surface area contributed by atoms with Crippen molar-refractivity contribution in [3.8, 4) is 17.1 Å². The number of rotatable bonds is 7. The summed E-state index contributed by atoms with van der Waals surface area (Å²) in [5, 5.41) is 5.70. The molecule has 6 heteroatoms. The van der Waals surface area contributed by atoms with E-state index >= 15 is 0 Å². The third-order valence-electron chi connectivity index (χ3n) is 4.15. The molecule has 0 fully saturated rings. The predicted octanol–water partition coefficient (Wildman–Crippen LogP) is 6.50. The third-order valence-corrected chi connectivity index (χ3v) is 4.68. The highest BCUT2D eigenvalue weighted by atomic mass is 35.5. The van der Waals surface area contributed by atoms with Gasteiger partial charge in [-0.05, 0) is 48.9 Å². The lowest BCUT2D eigenvalue weighted by Crippen LogP contribution is -2.01. The van der Waals surface area contributed by atoms with Gasteiger partial charge in [0.05, 0.1) is 10.7 Å². The Balaban J connectivity index is 1.99. The van der Waals surface area contributed by atoms with Crippen LogP contribution in [0.2, 0.25) is 10.0 Å². The van der Waals surface area contributed by atoms with Crippen molar-refractivity contribution < 1.29 is 4.39 Å². The highest BCUT2D eigenvalue weighted by Crippen LogP contribution is 2.28. The molecular formula is C20H20Cl2FN3. The Hall–Kier alpha value is -1.91. The molecule has 0 spiro atoms. The first kappa shape index (κ1) is 18.9. The van der Waals surface area contributed by atoms with Gasteiger partial charge in [-0.1, -0.05) is 49.4 Å². The molecule has 1 aromatic heterocycles. The third kappa shape index (κ3) is 4.43. The Kier molecular flexibility index (Phi) is 6.28. The Morgan fingerprint density at radius 1 is 1.00 bits per heavy atom. The SMILES string of the molecule is CCCCCCc1nc(-c2ccc(F)cc2)n(-c2ccc(Cl)cc2Cl)n1.